The minimum atomic E-state index is -0.261. The van der Waals surface area contributed by atoms with E-state index in [1.54, 1.807) is 25.5 Å². The summed E-state index contributed by atoms with van der Waals surface area (Å²) in [4.78, 5) is 20.6. The minimum absolute atomic E-state index is 0.261. The lowest BCUT2D eigenvalue weighted by Crippen LogP contribution is -2.19. The third-order valence-corrected chi connectivity index (χ3v) is 6.37. The van der Waals surface area contributed by atoms with Crippen LogP contribution in [0.4, 0.5) is 11.5 Å². The summed E-state index contributed by atoms with van der Waals surface area (Å²) >= 11 is 0. The maximum Gasteiger partial charge on any atom is 0.269 e. The molecule has 0 aliphatic heterocycles. The van der Waals surface area contributed by atoms with E-state index in [1.807, 2.05) is 91.0 Å². The first kappa shape index (κ1) is 24.7. The molecule has 0 bridgehead atoms. The van der Waals surface area contributed by atoms with Gasteiger partial charge in [-0.15, -0.1) is 10.2 Å². The minimum Gasteiger partial charge on any atom is -0.438 e. The summed E-state index contributed by atoms with van der Waals surface area (Å²) in [6, 6.07) is 32.9. The number of carbonyl (C=O) groups excluding carboxylic acids is 1. The average Bonchev–Trinajstić information content (AvgIpc) is 3.02. The average molecular weight is 525 g/mol. The number of hydrogen-bond acceptors (Lipinski definition) is 7. The highest BCUT2D eigenvalue weighted by molar-refractivity contribution is 6.00. The highest BCUT2D eigenvalue weighted by atomic mass is 16.5. The quantitative estimate of drug-likeness (QED) is 0.241. The van der Waals surface area contributed by atoms with Crippen molar-refractivity contribution in [3.05, 3.63) is 121 Å². The Morgan fingerprint density at radius 3 is 2.30 bits per heavy atom. The number of aromatic nitrogens is 4. The molecule has 3 aromatic carbocycles. The molecule has 0 saturated heterocycles. The van der Waals surface area contributed by atoms with Crippen molar-refractivity contribution in [1.29, 1.82) is 0 Å². The lowest BCUT2D eigenvalue weighted by molar-refractivity contribution is 0.0958. The highest BCUT2D eigenvalue weighted by Gasteiger charge is 2.13. The maximum absolute atomic E-state index is 12.1. The van der Waals surface area contributed by atoms with Gasteiger partial charge in [-0.1, -0.05) is 54.6 Å². The van der Waals surface area contributed by atoms with Crippen LogP contribution >= 0.6 is 0 Å². The smallest absolute Gasteiger partial charge is 0.269 e. The van der Waals surface area contributed by atoms with Crippen molar-refractivity contribution in [2.75, 3.05) is 12.4 Å². The Bertz CT molecular complexity index is 1810. The molecule has 6 aromatic rings. The van der Waals surface area contributed by atoms with Crippen molar-refractivity contribution >= 4 is 28.2 Å². The van der Waals surface area contributed by atoms with E-state index >= 15 is 0 Å². The highest BCUT2D eigenvalue weighted by Crippen LogP contribution is 2.34. The summed E-state index contributed by atoms with van der Waals surface area (Å²) in [5, 5.41) is 17.0. The van der Waals surface area contributed by atoms with Crippen LogP contribution in [0, 0.1) is 0 Å². The van der Waals surface area contributed by atoms with Gasteiger partial charge in [0, 0.05) is 47.0 Å². The molecular formula is C32H24N6O2. The van der Waals surface area contributed by atoms with Crippen LogP contribution in [0.5, 0.6) is 11.6 Å². The van der Waals surface area contributed by atoms with E-state index in [4.69, 9.17) is 4.74 Å². The van der Waals surface area contributed by atoms with E-state index < -0.39 is 0 Å². The third-order valence-electron chi connectivity index (χ3n) is 6.37. The molecule has 8 nitrogen and oxygen atoms in total. The monoisotopic (exact) mass is 524 g/mol. The second-order valence-corrected chi connectivity index (χ2v) is 8.93. The first-order valence-electron chi connectivity index (χ1n) is 12.7. The SMILES string of the molecule is CNC(=O)c1cc(-c2cccnc2Oc2ccc(Nc3nnc(-c4ccccc4)c4ccccc34)cc2)ccn1. The Kier molecular flexibility index (Phi) is 6.79. The van der Waals surface area contributed by atoms with Crippen LogP contribution in [0.3, 0.4) is 0 Å². The number of ether oxygens (including phenoxy) is 1. The molecule has 2 N–H and O–H groups in total. The first-order valence-corrected chi connectivity index (χ1v) is 12.7. The van der Waals surface area contributed by atoms with Crippen LogP contribution in [0.25, 0.3) is 33.2 Å². The summed E-state index contributed by atoms with van der Waals surface area (Å²) in [5.41, 5.74) is 4.54. The molecule has 0 fully saturated rings. The lowest BCUT2D eigenvalue weighted by Gasteiger charge is -2.13. The molecule has 1 amide bonds. The number of benzene rings is 3. The van der Waals surface area contributed by atoms with E-state index in [0.29, 0.717) is 23.1 Å². The second kappa shape index (κ2) is 11.0. The number of hydrogen-bond donors (Lipinski definition) is 2. The molecule has 0 spiro atoms. The number of amides is 1. The zero-order chi connectivity index (χ0) is 27.3. The molecule has 8 heteroatoms. The molecular weight excluding hydrogens is 500 g/mol. The number of anilines is 2. The normalized spacial score (nSPS) is 10.7. The van der Waals surface area contributed by atoms with Gasteiger partial charge in [0.25, 0.3) is 5.91 Å². The summed E-state index contributed by atoms with van der Waals surface area (Å²) < 4.78 is 6.14. The molecule has 0 saturated carbocycles. The van der Waals surface area contributed by atoms with Gasteiger partial charge in [0.2, 0.25) is 5.88 Å². The Hall–Kier alpha value is -5.63. The molecule has 3 aromatic heterocycles. The van der Waals surface area contributed by atoms with Crippen LogP contribution in [0.2, 0.25) is 0 Å². The molecule has 194 valence electrons. The molecule has 0 unspecified atom stereocenters. The molecule has 0 radical (unpaired) electrons. The topological polar surface area (TPSA) is 102 Å². The van der Waals surface area contributed by atoms with Gasteiger partial charge in [0.1, 0.15) is 17.1 Å². The number of nitrogens with zero attached hydrogens (tertiary/aromatic N) is 4. The second-order valence-electron chi connectivity index (χ2n) is 8.93. The number of rotatable bonds is 7. The largest absolute Gasteiger partial charge is 0.438 e. The summed E-state index contributed by atoms with van der Waals surface area (Å²) in [6.45, 7) is 0. The van der Waals surface area contributed by atoms with Crippen LogP contribution in [-0.2, 0) is 0 Å². The standard InChI is InChI=1S/C32H24N6O2/c1-33-31(39)28-20-22(17-19-34-28)25-12-7-18-35-32(25)40-24-15-13-23(14-16-24)36-30-27-11-6-5-10-26(27)29(37-38-30)21-8-3-2-4-9-21/h2-20H,1H3,(H,33,39)(H,36,38). The van der Waals surface area contributed by atoms with Crippen LogP contribution in [0.1, 0.15) is 10.5 Å². The Balaban J connectivity index is 1.24. The predicted octanol–water partition coefficient (Wildman–Crippen LogP) is 6.65. The molecule has 6 rings (SSSR count). The van der Waals surface area contributed by atoms with Crippen LogP contribution < -0.4 is 15.4 Å². The van der Waals surface area contributed by atoms with Gasteiger partial charge in [-0.3, -0.25) is 9.78 Å². The number of pyridine rings is 2. The summed E-state index contributed by atoms with van der Waals surface area (Å²) in [5.74, 6) is 1.44. The van der Waals surface area contributed by atoms with Crippen molar-refractivity contribution in [3.8, 4) is 34.0 Å². The van der Waals surface area contributed by atoms with Gasteiger partial charge in [-0.25, -0.2) is 4.98 Å². The molecule has 3 heterocycles. The molecule has 0 aliphatic carbocycles. The zero-order valence-electron chi connectivity index (χ0n) is 21.6. The van der Waals surface area contributed by atoms with Gasteiger partial charge in [-0.05, 0) is 54.1 Å². The van der Waals surface area contributed by atoms with E-state index in [-0.39, 0.29) is 5.91 Å². The third kappa shape index (κ3) is 5.06. The van der Waals surface area contributed by atoms with Gasteiger partial charge < -0.3 is 15.4 Å². The van der Waals surface area contributed by atoms with Gasteiger partial charge in [0.15, 0.2) is 5.82 Å². The van der Waals surface area contributed by atoms with Crippen molar-refractivity contribution in [2.24, 2.45) is 0 Å². The van der Waals surface area contributed by atoms with Gasteiger partial charge >= 0.3 is 0 Å². The van der Waals surface area contributed by atoms with Crippen molar-refractivity contribution in [1.82, 2.24) is 25.5 Å². The maximum atomic E-state index is 12.1. The molecule has 0 aliphatic rings. The fraction of sp³-hybridized carbons (Fsp3) is 0.0312. The Labute approximate surface area is 230 Å². The van der Waals surface area contributed by atoms with Gasteiger partial charge in [0.05, 0.1) is 0 Å². The summed E-state index contributed by atoms with van der Waals surface area (Å²) in [7, 11) is 1.57. The number of nitrogens with one attached hydrogen (secondary N) is 2. The van der Waals surface area contributed by atoms with Crippen molar-refractivity contribution in [3.63, 3.8) is 0 Å². The molecule has 40 heavy (non-hydrogen) atoms. The number of fused-ring (bicyclic) bond motifs is 1. The Morgan fingerprint density at radius 2 is 1.50 bits per heavy atom. The van der Waals surface area contributed by atoms with Crippen LogP contribution in [-0.4, -0.2) is 33.1 Å². The molecule has 0 atom stereocenters. The zero-order valence-corrected chi connectivity index (χ0v) is 21.6. The Morgan fingerprint density at radius 1 is 0.725 bits per heavy atom. The van der Waals surface area contributed by atoms with E-state index in [2.05, 4.69) is 36.9 Å². The predicted molar refractivity (Wildman–Crippen MR) is 156 cm³/mol. The van der Waals surface area contributed by atoms with Crippen molar-refractivity contribution < 1.29 is 9.53 Å². The van der Waals surface area contributed by atoms with E-state index in [9.17, 15) is 4.79 Å². The fourth-order valence-corrected chi connectivity index (χ4v) is 4.40. The fourth-order valence-electron chi connectivity index (χ4n) is 4.40. The summed E-state index contributed by atoms with van der Waals surface area (Å²) in [6.07, 6.45) is 3.26. The van der Waals surface area contributed by atoms with Gasteiger partial charge in [-0.2, -0.15) is 0 Å². The first-order chi connectivity index (χ1) is 19.7. The van der Waals surface area contributed by atoms with Crippen molar-refractivity contribution in [2.45, 2.75) is 0 Å². The van der Waals surface area contributed by atoms with E-state index in [0.717, 1.165) is 38.8 Å². The number of carbonyl (C=O) groups is 1. The lowest BCUT2D eigenvalue weighted by atomic mass is 10.0. The van der Waals surface area contributed by atoms with Crippen LogP contribution in [0.15, 0.2) is 116 Å². The van der Waals surface area contributed by atoms with E-state index in [1.165, 1.54) is 0 Å².